The molecule has 2 aromatic heterocycles. The summed E-state index contributed by atoms with van der Waals surface area (Å²) in [6, 6.07) is 6.41. The number of fused-ring (bicyclic) bond motifs is 1. The monoisotopic (exact) mass is 269 g/mol. The highest BCUT2D eigenvalue weighted by Crippen LogP contribution is 2.48. The molecule has 2 heterocycles. The van der Waals surface area contributed by atoms with E-state index in [0.717, 1.165) is 25.1 Å². The molecule has 2 atom stereocenters. The van der Waals surface area contributed by atoms with Gasteiger partial charge in [0, 0.05) is 18.7 Å². The highest BCUT2D eigenvalue weighted by Gasteiger charge is 2.40. The number of amides is 1. The van der Waals surface area contributed by atoms with Crippen LogP contribution in [-0.2, 0) is 4.79 Å². The lowest BCUT2D eigenvalue weighted by Crippen LogP contribution is -2.27. The maximum atomic E-state index is 11.7. The largest absolute Gasteiger partial charge is 0.356 e. The summed E-state index contributed by atoms with van der Waals surface area (Å²) in [5, 5.41) is 7.56. The average Bonchev–Trinajstić information content (AvgIpc) is 3.32. The van der Waals surface area contributed by atoms with Crippen LogP contribution < -0.4 is 5.32 Å². The molecular weight excluding hydrogens is 250 g/mol. The number of carbonyl (C=O) groups is 1. The first-order valence-corrected chi connectivity index (χ1v) is 7.45. The third-order valence-electron chi connectivity index (χ3n) is 4.47. The van der Waals surface area contributed by atoms with Crippen LogP contribution in [0.1, 0.15) is 36.4 Å². The normalized spacial score (nSPS) is 24.9. The molecule has 4 rings (SSSR count). The van der Waals surface area contributed by atoms with Crippen molar-refractivity contribution in [3.8, 4) is 0 Å². The molecule has 2 aromatic rings. The van der Waals surface area contributed by atoms with Crippen molar-refractivity contribution in [2.75, 3.05) is 6.54 Å². The van der Waals surface area contributed by atoms with E-state index in [9.17, 15) is 4.79 Å². The summed E-state index contributed by atoms with van der Waals surface area (Å²) in [7, 11) is 0. The number of nitrogens with one attached hydrogen (secondary N) is 1. The summed E-state index contributed by atoms with van der Waals surface area (Å²) >= 11 is 0. The summed E-state index contributed by atoms with van der Waals surface area (Å²) < 4.78 is 1.96. The fraction of sp³-hybridized carbons (Fsp3) is 0.500. The standard InChI is InChI=1S/C16H19N3O/c1-10-7-15-13(3-2-6-19(15)18-10)14-8-12(14)9-17-16(20)11-4-5-11/h2-3,6-7,11-12,14H,4-5,8-9H2,1H3,(H,17,20)/t12-,14?/m0/s1. The molecule has 2 saturated carbocycles. The molecule has 4 nitrogen and oxygen atoms in total. The van der Waals surface area contributed by atoms with Crippen molar-refractivity contribution in [3.63, 3.8) is 0 Å². The molecule has 0 saturated heterocycles. The minimum absolute atomic E-state index is 0.258. The zero-order valence-electron chi connectivity index (χ0n) is 11.7. The van der Waals surface area contributed by atoms with Gasteiger partial charge in [0.25, 0.3) is 0 Å². The fourth-order valence-electron chi connectivity index (χ4n) is 3.05. The molecule has 0 bridgehead atoms. The highest BCUT2D eigenvalue weighted by molar-refractivity contribution is 5.80. The summed E-state index contributed by atoms with van der Waals surface area (Å²) in [6.45, 7) is 2.85. The third kappa shape index (κ3) is 2.09. The van der Waals surface area contributed by atoms with Crippen molar-refractivity contribution in [1.82, 2.24) is 14.9 Å². The first-order valence-electron chi connectivity index (χ1n) is 7.45. The second-order valence-electron chi connectivity index (χ2n) is 6.20. The zero-order valence-corrected chi connectivity index (χ0v) is 11.7. The van der Waals surface area contributed by atoms with E-state index in [-0.39, 0.29) is 5.91 Å². The highest BCUT2D eigenvalue weighted by atomic mass is 16.2. The van der Waals surface area contributed by atoms with Crippen LogP contribution in [0.5, 0.6) is 0 Å². The van der Waals surface area contributed by atoms with Crippen LogP contribution in [0.3, 0.4) is 0 Å². The van der Waals surface area contributed by atoms with E-state index in [1.165, 1.54) is 17.5 Å². The lowest BCUT2D eigenvalue weighted by Gasteiger charge is -2.05. The van der Waals surface area contributed by atoms with Gasteiger partial charge >= 0.3 is 0 Å². The van der Waals surface area contributed by atoms with Gasteiger partial charge in [-0.05, 0) is 55.7 Å². The summed E-state index contributed by atoms with van der Waals surface area (Å²) in [6.07, 6.45) is 5.33. The zero-order chi connectivity index (χ0) is 13.7. The molecule has 1 N–H and O–H groups in total. The van der Waals surface area contributed by atoms with Gasteiger partial charge in [-0.25, -0.2) is 4.52 Å². The van der Waals surface area contributed by atoms with Crippen molar-refractivity contribution in [1.29, 1.82) is 0 Å². The van der Waals surface area contributed by atoms with Gasteiger partial charge < -0.3 is 5.32 Å². The smallest absolute Gasteiger partial charge is 0.223 e. The Kier molecular flexibility index (Phi) is 2.59. The number of hydrogen-bond donors (Lipinski definition) is 1. The Morgan fingerprint density at radius 3 is 3.15 bits per heavy atom. The molecule has 0 aromatic carbocycles. The number of nitrogens with zero attached hydrogens (tertiary/aromatic N) is 2. The lowest BCUT2D eigenvalue weighted by molar-refractivity contribution is -0.122. The van der Waals surface area contributed by atoms with Crippen molar-refractivity contribution in [3.05, 3.63) is 35.7 Å². The molecule has 2 fully saturated rings. The van der Waals surface area contributed by atoms with E-state index < -0.39 is 0 Å². The van der Waals surface area contributed by atoms with Crippen molar-refractivity contribution < 1.29 is 4.79 Å². The van der Waals surface area contributed by atoms with E-state index >= 15 is 0 Å². The molecule has 1 unspecified atom stereocenters. The third-order valence-corrected chi connectivity index (χ3v) is 4.47. The van der Waals surface area contributed by atoms with Gasteiger partial charge in [-0.3, -0.25) is 4.79 Å². The van der Waals surface area contributed by atoms with E-state index in [4.69, 9.17) is 0 Å². The van der Waals surface area contributed by atoms with Crippen LogP contribution in [0, 0.1) is 18.8 Å². The number of carbonyl (C=O) groups excluding carboxylic acids is 1. The topological polar surface area (TPSA) is 46.4 Å². The Bertz CT molecular complexity index is 671. The number of aryl methyl sites for hydroxylation is 1. The van der Waals surface area contributed by atoms with Crippen molar-refractivity contribution in [2.24, 2.45) is 11.8 Å². The Morgan fingerprint density at radius 2 is 2.35 bits per heavy atom. The Labute approximate surface area is 118 Å². The minimum atomic E-state index is 0.258. The first kappa shape index (κ1) is 11.9. The van der Waals surface area contributed by atoms with Crippen LogP contribution in [0.15, 0.2) is 24.4 Å². The molecule has 104 valence electrons. The average molecular weight is 269 g/mol. The molecule has 0 spiro atoms. The van der Waals surface area contributed by atoms with E-state index in [2.05, 4.69) is 28.6 Å². The second kappa shape index (κ2) is 4.33. The molecule has 2 aliphatic carbocycles. The molecule has 1 amide bonds. The van der Waals surface area contributed by atoms with E-state index in [0.29, 0.717) is 17.8 Å². The summed E-state index contributed by atoms with van der Waals surface area (Å²) in [5.41, 5.74) is 3.64. The number of aromatic nitrogens is 2. The van der Waals surface area contributed by atoms with Crippen molar-refractivity contribution in [2.45, 2.75) is 32.1 Å². The van der Waals surface area contributed by atoms with Crippen LogP contribution in [0.2, 0.25) is 0 Å². The van der Waals surface area contributed by atoms with Crippen LogP contribution in [0.4, 0.5) is 0 Å². The predicted octanol–water partition coefficient (Wildman–Crippen LogP) is 2.27. The number of hydrogen-bond acceptors (Lipinski definition) is 2. The maximum Gasteiger partial charge on any atom is 0.223 e. The fourth-order valence-corrected chi connectivity index (χ4v) is 3.05. The van der Waals surface area contributed by atoms with Crippen LogP contribution in [0.25, 0.3) is 5.52 Å². The Morgan fingerprint density at radius 1 is 1.50 bits per heavy atom. The number of pyridine rings is 1. The quantitative estimate of drug-likeness (QED) is 0.925. The van der Waals surface area contributed by atoms with Gasteiger partial charge in [0.05, 0.1) is 11.2 Å². The van der Waals surface area contributed by atoms with Gasteiger partial charge in [0.1, 0.15) is 0 Å². The maximum absolute atomic E-state index is 11.7. The predicted molar refractivity (Wildman–Crippen MR) is 76.5 cm³/mol. The second-order valence-corrected chi connectivity index (χ2v) is 6.20. The van der Waals surface area contributed by atoms with Crippen molar-refractivity contribution >= 4 is 11.4 Å². The van der Waals surface area contributed by atoms with Crippen LogP contribution in [-0.4, -0.2) is 22.1 Å². The van der Waals surface area contributed by atoms with Gasteiger partial charge in [-0.1, -0.05) is 6.07 Å². The minimum Gasteiger partial charge on any atom is -0.356 e. The Balaban J connectivity index is 1.46. The summed E-state index contributed by atoms with van der Waals surface area (Å²) in [5.74, 6) is 1.75. The van der Waals surface area contributed by atoms with E-state index in [1.54, 1.807) is 0 Å². The van der Waals surface area contributed by atoms with Gasteiger partial charge in [-0.15, -0.1) is 0 Å². The molecular formula is C16H19N3O. The van der Waals surface area contributed by atoms with Gasteiger partial charge in [0.15, 0.2) is 0 Å². The number of rotatable bonds is 4. The van der Waals surface area contributed by atoms with Crippen LogP contribution >= 0.6 is 0 Å². The van der Waals surface area contributed by atoms with Gasteiger partial charge in [0.2, 0.25) is 5.91 Å². The Hall–Kier alpha value is -1.84. The first-order chi connectivity index (χ1) is 9.72. The molecule has 4 heteroatoms. The molecule has 0 aliphatic heterocycles. The molecule has 0 radical (unpaired) electrons. The molecule has 20 heavy (non-hydrogen) atoms. The summed E-state index contributed by atoms with van der Waals surface area (Å²) in [4.78, 5) is 11.7. The van der Waals surface area contributed by atoms with Gasteiger partial charge in [-0.2, -0.15) is 5.10 Å². The van der Waals surface area contributed by atoms with E-state index in [1.807, 2.05) is 17.6 Å². The lowest BCUT2D eigenvalue weighted by atomic mass is 10.1. The SMILES string of the molecule is Cc1cc2c(C3C[C@H]3CNC(=O)C3CC3)cccn2n1. The molecule has 2 aliphatic rings.